The number of benzene rings is 3. The minimum atomic E-state index is -0.394. The van der Waals surface area contributed by atoms with Crippen LogP contribution in [-0.2, 0) is 0 Å². The molecule has 3 aromatic carbocycles. The SMILES string of the molecule is O=C1c2ccccc2C(=O)N1[C@H](c1ccccc1)[C@@H](c1ccccc1)N1CCCCC1. The minimum absolute atomic E-state index is 0.0916. The van der Waals surface area contributed by atoms with E-state index in [0.717, 1.165) is 37.1 Å². The highest BCUT2D eigenvalue weighted by molar-refractivity contribution is 6.21. The summed E-state index contributed by atoms with van der Waals surface area (Å²) in [5.41, 5.74) is 3.11. The first-order valence-corrected chi connectivity index (χ1v) is 11.1. The third kappa shape index (κ3) is 3.57. The van der Waals surface area contributed by atoms with Crippen molar-refractivity contribution in [3.05, 3.63) is 107 Å². The molecule has 0 bridgehead atoms. The second-order valence-electron chi connectivity index (χ2n) is 8.33. The smallest absolute Gasteiger partial charge is 0.262 e. The normalized spacial score (nSPS) is 18.6. The number of imide groups is 1. The van der Waals surface area contributed by atoms with E-state index in [1.807, 2.05) is 60.7 Å². The number of amides is 2. The van der Waals surface area contributed by atoms with Crippen LogP contribution in [0.4, 0.5) is 0 Å². The molecule has 0 spiro atoms. The number of fused-ring (bicyclic) bond motifs is 1. The van der Waals surface area contributed by atoms with Gasteiger partial charge in [-0.15, -0.1) is 0 Å². The zero-order valence-corrected chi connectivity index (χ0v) is 17.5. The van der Waals surface area contributed by atoms with E-state index in [2.05, 4.69) is 17.0 Å². The van der Waals surface area contributed by atoms with Gasteiger partial charge < -0.3 is 0 Å². The number of nitrogens with zero attached hydrogens (tertiary/aromatic N) is 2. The number of carbonyl (C=O) groups excluding carboxylic acids is 2. The van der Waals surface area contributed by atoms with Crippen molar-refractivity contribution in [2.75, 3.05) is 13.1 Å². The largest absolute Gasteiger partial charge is 0.294 e. The predicted molar refractivity (Wildman–Crippen MR) is 121 cm³/mol. The number of hydrogen-bond acceptors (Lipinski definition) is 3. The van der Waals surface area contributed by atoms with Crippen molar-refractivity contribution >= 4 is 11.8 Å². The van der Waals surface area contributed by atoms with E-state index >= 15 is 0 Å². The Labute approximate surface area is 183 Å². The van der Waals surface area contributed by atoms with E-state index in [1.54, 1.807) is 12.1 Å². The van der Waals surface area contributed by atoms with Crippen LogP contribution in [0.5, 0.6) is 0 Å². The lowest BCUT2D eigenvalue weighted by atomic mass is 9.89. The molecule has 1 fully saturated rings. The van der Waals surface area contributed by atoms with Gasteiger partial charge in [0.2, 0.25) is 0 Å². The maximum absolute atomic E-state index is 13.5. The summed E-state index contributed by atoms with van der Waals surface area (Å²) in [4.78, 5) is 31.0. The van der Waals surface area contributed by atoms with Crippen molar-refractivity contribution in [3.63, 3.8) is 0 Å². The van der Waals surface area contributed by atoms with E-state index in [4.69, 9.17) is 0 Å². The van der Waals surface area contributed by atoms with Gasteiger partial charge in [-0.3, -0.25) is 19.4 Å². The Balaban J connectivity index is 1.67. The highest BCUT2D eigenvalue weighted by Crippen LogP contribution is 2.43. The Kier molecular flexibility index (Phi) is 5.39. The van der Waals surface area contributed by atoms with Crippen LogP contribution in [0.2, 0.25) is 0 Å². The monoisotopic (exact) mass is 410 g/mol. The fraction of sp³-hybridized carbons (Fsp3) is 0.259. The third-order valence-electron chi connectivity index (χ3n) is 6.47. The van der Waals surface area contributed by atoms with E-state index in [0.29, 0.717) is 11.1 Å². The van der Waals surface area contributed by atoms with Crippen LogP contribution in [0.25, 0.3) is 0 Å². The second-order valence-corrected chi connectivity index (χ2v) is 8.33. The molecule has 0 unspecified atom stereocenters. The molecule has 4 heteroatoms. The van der Waals surface area contributed by atoms with Crippen LogP contribution in [0.3, 0.4) is 0 Å². The van der Waals surface area contributed by atoms with Crippen LogP contribution in [0.1, 0.15) is 63.2 Å². The van der Waals surface area contributed by atoms with E-state index in [9.17, 15) is 9.59 Å². The number of rotatable bonds is 5. The van der Waals surface area contributed by atoms with Crippen LogP contribution in [0, 0.1) is 0 Å². The van der Waals surface area contributed by atoms with Crippen molar-refractivity contribution in [1.29, 1.82) is 0 Å². The molecule has 1 saturated heterocycles. The van der Waals surface area contributed by atoms with Crippen LogP contribution in [-0.4, -0.2) is 34.7 Å². The molecule has 4 nitrogen and oxygen atoms in total. The summed E-state index contributed by atoms with van der Waals surface area (Å²) < 4.78 is 0. The molecule has 0 saturated carbocycles. The highest BCUT2D eigenvalue weighted by Gasteiger charge is 2.45. The van der Waals surface area contributed by atoms with Gasteiger partial charge in [0, 0.05) is 0 Å². The fourth-order valence-electron chi connectivity index (χ4n) is 5.02. The second kappa shape index (κ2) is 8.48. The van der Waals surface area contributed by atoms with Gasteiger partial charge >= 0.3 is 0 Å². The molecule has 2 amide bonds. The van der Waals surface area contributed by atoms with Gasteiger partial charge in [-0.2, -0.15) is 0 Å². The van der Waals surface area contributed by atoms with Gasteiger partial charge in [0.1, 0.15) is 0 Å². The Morgan fingerprint density at radius 1 is 0.548 bits per heavy atom. The average Bonchev–Trinajstić information content (AvgIpc) is 3.09. The van der Waals surface area contributed by atoms with Crippen LogP contribution >= 0.6 is 0 Å². The first-order valence-electron chi connectivity index (χ1n) is 11.1. The Bertz CT molecular complexity index is 1040. The van der Waals surface area contributed by atoms with Crippen molar-refractivity contribution < 1.29 is 9.59 Å². The number of likely N-dealkylation sites (tertiary alicyclic amines) is 1. The lowest BCUT2D eigenvalue weighted by Gasteiger charge is -2.42. The van der Waals surface area contributed by atoms with Gasteiger partial charge in [-0.05, 0) is 49.2 Å². The average molecular weight is 411 g/mol. The molecule has 0 aliphatic carbocycles. The molecule has 156 valence electrons. The summed E-state index contributed by atoms with van der Waals surface area (Å²) in [5, 5.41) is 0. The summed E-state index contributed by atoms with van der Waals surface area (Å²) in [5.74, 6) is -0.403. The molecular weight excluding hydrogens is 384 g/mol. The topological polar surface area (TPSA) is 40.6 Å². The molecule has 2 atom stereocenters. The van der Waals surface area contributed by atoms with Crippen molar-refractivity contribution in [3.8, 4) is 0 Å². The van der Waals surface area contributed by atoms with Gasteiger partial charge in [-0.25, -0.2) is 0 Å². The van der Waals surface area contributed by atoms with Crippen LogP contribution in [0.15, 0.2) is 84.9 Å². The zero-order valence-electron chi connectivity index (χ0n) is 17.5. The molecule has 2 aliphatic heterocycles. The van der Waals surface area contributed by atoms with E-state index < -0.39 is 6.04 Å². The third-order valence-corrected chi connectivity index (χ3v) is 6.47. The van der Waals surface area contributed by atoms with E-state index in [1.165, 1.54) is 11.3 Å². The maximum atomic E-state index is 13.5. The Morgan fingerprint density at radius 3 is 1.52 bits per heavy atom. The molecule has 2 aliphatic rings. The van der Waals surface area contributed by atoms with Crippen molar-refractivity contribution in [2.24, 2.45) is 0 Å². The van der Waals surface area contributed by atoms with Gasteiger partial charge in [-0.1, -0.05) is 79.2 Å². The van der Waals surface area contributed by atoms with Gasteiger partial charge in [0.05, 0.1) is 23.2 Å². The fourth-order valence-corrected chi connectivity index (χ4v) is 5.02. The quantitative estimate of drug-likeness (QED) is 0.539. The molecule has 0 aromatic heterocycles. The van der Waals surface area contributed by atoms with Crippen molar-refractivity contribution in [1.82, 2.24) is 9.80 Å². The summed E-state index contributed by atoms with van der Waals surface area (Å²) >= 11 is 0. The summed E-state index contributed by atoms with van der Waals surface area (Å²) in [6.45, 7) is 1.93. The molecular formula is C27H26N2O2. The number of hydrogen-bond donors (Lipinski definition) is 0. The molecule has 0 N–H and O–H groups in total. The molecule has 2 heterocycles. The summed E-state index contributed by atoms with van der Waals surface area (Å²) in [7, 11) is 0. The lowest BCUT2D eigenvalue weighted by molar-refractivity contribution is 0.0397. The molecule has 31 heavy (non-hydrogen) atoms. The maximum Gasteiger partial charge on any atom is 0.262 e. The lowest BCUT2D eigenvalue weighted by Crippen LogP contribution is -2.45. The first-order chi connectivity index (χ1) is 15.3. The van der Waals surface area contributed by atoms with Crippen molar-refractivity contribution in [2.45, 2.75) is 31.3 Å². The Morgan fingerprint density at radius 2 is 1.00 bits per heavy atom. The van der Waals surface area contributed by atoms with Gasteiger partial charge in [0.15, 0.2) is 0 Å². The number of carbonyl (C=O) groups is 2. The molecule has 0 radical (unpaired) electrons. The van der Waals surface area contributed by atoms with Crippen LogP contribution < -0.4 is 0 Å². The Hall–Kier alpha value is -3.24. The minimum Gasteiger partial charge on any atom is -0.294 e. The highest BCUT2D eigenvalue weighted by atomic mass is 16.2. The standard InChI is InChI=1S/C27H26N2O2/c30-26-22-16-8-9-17-23(22)27(31)29(26)25(21-14-6-2-7-15-21)24(20-12-4-1-5-13-20)28-18-10-3-11-19-28/h1-2,4-9,12-17,24-25H,3,10-11,18-19H2/t24-,25-/m1/s1. The summed E-state index contributed by atoms with van der Waals surface area (Å²) in [6.07, 6.45) is 3.49. The predicted octanol–water partition coefficient (Wildman–Crippen LogP) is 5.25. The van der Waals surface area contributed by atoms with E-state index in [-0.39, 0.29) is 17.9 Å². The molecule has 5 rings (SSSR count). The van der Waals surface area contributed by atoms with Gasteiger partial charge in [0.25, 0.3) is 11.8 Å². The summed E-state index contributed by atoms with van der Waals surface area (Å²) in [6, 6.07) is 27.0. The first kappa shape index (κ1) is 19.7. The number of piperidine rings is 1. The molecule has 3 aromatic rings. The zero-order chi connectivity index (χ0) is 21.2.